The van der Waals surface area contributed by atoms with Crippen LogP contribution in [0.2, 0.25) is 0 Å². The fraction of sp³-hybridized carbons (Fsp3) is 0.630. The van der Waals surface area contributed by atoms with Crippen molar-refractivity contribution in [1.29, 1.82) is 0 Å². The van der Waals surface area contributed by atoms with Crippen LogP contribution in [0.5, 0.6) is 11.5 Å². The van der Waals surface area contributed by atoms with Crippen LogP contribution in [0, 0.1) is 11.8 Å². The Labute approximate surface area is 229 Å². The Morgan fingerprint density at radius 3 is 1.79 bits per heavy atom. The maximum atomic E-state index is 12.5. The average molecular weight is 556 g/mol. The minimum Gasteiger partial charge on any atom is -0.458 e. The van der Waals surface area contributed by atoms with Gasteiger partial charge in [0.15, 0.2) is 11.5 Å². The van der Waals surface area contributed by atoms with Crippen LogP contribution >= 0.6 is 0 Å². The van der Waals surface area contributed by atoms with E-state index >= 15 is 0 Å². The molecule has 0 aromatic heterocycles. The summed E-state index contributed by atoms with van der Waals surface area (Å²) in [7, 11) is 0. The highest BCUT2D eigenvalue weighted by Gasteiger charge is 2.22. The van der Waals surface area contributed by atoms with Gasteiger partial charge < -0.3 is 38.9 Å². The average Bonchev–Trinajstić information content (AvgIpc) is 2.86. The van der Waals surface area contributed by atoms with Crippen LogP contribution in [-0.2, 0) is 34.9 Å². The summed E-state index contributed by atoms with van der Waals surface area (Å²) in [5.74, 6) is -0.772. The second-order valence-electron chi connectivity index (χ2n) is 9.85. The lowest BCUT2D eigenvalue weighted by atomic mass is 10.1. The van der Waals surface area contributed by atoms with E-state index in [2.05, 4.69) is 0 Å². The molecule has 220 valence electrons. The van der Waals surface area contributed by atoms with Crippen molar-refractivity contribution in [3.05, 3.63) is 23.8 Å². The molecule has 0 aliphatic carbocycles. The number of esters is 1. The van der Waals surface area contributed by atoms with Crippen LogP contribution in [0.1, 0.15) is 60.5 Å². The summed E-state index contributed by atoms with van der Waals surface area (Å²) in [4.78, 5) is 48.3. The van der Waals surface area contributed by atoms with Crippen molar-refractivity contribution in [1.82, 2.24) is 0 Å². The minimum atomic E-state index is -1.09. The van der Waals surface area contributed by atoms with Crippen LogP contribution in [0.25, 0.3) is 0 Å². The summed E-state index contributed by atoms with van der Waals surface area (Å²) in [6.45, 7) is 12.6. The molecule has 1 aromatic rings. The fourth-order valence-corrected chi connectivity index (χ4v) is 2.68. The van der Waals surface area contributed by atoms with E-state index in [0.29, 0.717) is 12.0 Å². The molecule has 2 N–H and O–H groups in total. The Kier molecular flexibility index (Phi) is 14.7. The van der Waals surface area contributed by atoms with E-state index in [1.165, 1.54) is 12.1 Å². The Morgan fingerprint density at radius 1 is 0.718 bits per heavy atom. The van der Waals surface area contributed by atoms with Gasteiger partial charge in [0, 0.05) is 0 Å². The highest BCUT2D eigenvalue weighted by atomic mass is 16.7. The number of carbonyl (C=O) groups is 4. The van der Waals surface area contributed by atoms with E-state index in [-0.39, 0.29) is 55.7 Å². The Hall–Kier alpha value is -3.54. The summed E-state index contributed by atoms with van der Waals surface area (Å²) < 4.78 is 35.7. The molecule has 3 atom stereocenters. The van der Waals surface area contributed by atoms with Gasteiger partial charge in [-0.05, 0) is 56.2 Å². The predicted octanol–water partition coefficient (Wildman–Crippen LogP) is 4.78. The highest BCUT2D eigenvalue weighted by Crippen LogP contribution is 2.30. The normalized spacial score (nSPS) is 13.2. The lowest BCUT2D eigenvalue weighted by molar-refractivity contribution is -0.152. The van der Waals surface area contributed by atoms with Crippen LogP contribution < -0.4 is 15.2 Å². The SMILES string of the molecule is CCC(C)OC(=O)OC[C@H](C)OC(=O)[C@@H](N)Cc1ccc(OC(=O)OCC(C)C)c(OC(=O)OCC(C)C)c1. The number of ether oxygens (including phenoxy) is 7. The summed E-state index contributed by atoms with van der Waals surface area (Å²) in [5, 5.41) is 0. The topological polar surface area (TPSA) is 159 Å². The zero-order valence-electron chi connectivity index (χ0n) is 23.7. The first-order chi connectivity index (χ1) is 18.3. The molecule has 12 heteroatoms. The molecule has 0 heterocycles. The zero-order valence-corrected chi connectivity index (χ0v) is 23.7. The van der Waals surface area contributed by atoms with E-state index in [4.69, 9.17) is 38.9 Å². The smallest absolute Gasteiger partial charge is 0.458 e. The van der Waals surface area contributed by atoms with Crippen LogP contribution in [0.4, 0.5) is 14.4 Å². The van der Waals surface area contributed by atoms with Crippen molar-refractivity contribution in [2.75, 3.05) is 19.8 Å². The number of hydrogen-bond donors (Lipinski definition) is 1. The highest BCUT2D eigenvalue weighted by molar-refractivity contribution is 5.76. The maximum Gasteiger partial charge on any atom is 0.513 e. The van der Waals surface area contributed by atoms with Crippen LogP contribution in [-0.4, -0.2) is 62.5 Å². The lowest BCUT2D eigenvalue weighted by Gasteiger charge is -2.18. The molecule has 0 aliphatic heterocycles. The Bertz CT molecular complexity index is 948. The first-order valence-electron chi connectivity index (χ1n) is 12.9. The lowest BCUT2D eigenvalue weighted by Crippen LogP contribution is -2.37. The van der Waals surface area contributed by atoms with Crippen LogP contribution in [0.15, 0.2) is 18.2 Å². The van der Waals surface area contributed by atoms with Gasteiger partial charge in [-0.25, -0.2) is 14.4 Å². The van der Waals surface area contributed by atoms with Gasteiger partial charge >= 0.3 is 24.4 Å². The molecule has 0 fully saturated rings. The number of benzene rings is 1. The van der Waals surface area contributed by atoms with Crippen molar-refractivity contribution in [2.24, 2.45) is 17.6 Å². The molecule has 39 heavy (non-hydrogen) atoms. The first-order valence-corrected chi connectivity index (χ1v) is 12.9. The van der Waals surface area contributed by atoms with Crippen molar-refractivity contribution < 1.29 is 52.3 Å². The standard InChI is InChI=1S/C27H41NO11/c1-8-18(6)37-25(30)35-15-19(7)36-24(29)21(28)11-20-9-10-22(38-26(31)33-13-16(2)3)23(12-20)39-27(32)34-14-17(4)5/h9-10,12,16-19,21H,8,11,13-15,28H2,1-7H3/t18?,19-,21-/m0/s1. The second kappa shape index (κ2) is 17.1. The van der Waals surface area contributed by atoms with Gasteiger partial charge in [-0.2, -0.15) is 0 Å². The van der Waals surface area contributed by atoms with E-state index in [0.717, 1.165) is 0 Å². The van der Waals surface area contributed by atoms with Crippen molar-refractivity contribution in [3.63, 3.8) is 0 Å². The van der Waals surface area contributed by atoms with Gasteiger partial charge in [0.2, 0.25) is 0 Å². The molecule has 0 aliphatic rings. The number of hydrogen-bond acceptors (Lipinski definition) is 12. The van der Waals surface area contributed by atoms with E-state index in [1.807, 2.05) is 34.6 Å². The van der Waals surface area contributed by atoms with E-state index in [9.17, 15) is 19.2 Å². The molecule has 1 unspecified atom stereocenters. The third-order valence-corrected chi connectivity index (χ3v) is 4.85. The summed E-state index contributed by atoms with van der Waals surface area (Å²) >= 11 is 0. The Morgan fingerprint density at radius 2 is 1.26 bits per heavy atom. The Balaban J connectivity index is 2.84. The maximum absolute atomic E-state index is 12.5. The monoisotopic (exact) mass is 555 g/mol. The van der Waals surface area contributed by atoms with Crippen LogP contribution in [0.3, 0.4) is 0 Å². The van der Waals surface area contributed by atoms with E-state index < -0.39 is 36.6 Å². The molecule has 0 saturated carbocycles. The van der Waals surface area contributed by atoms with Crippen molar-refractivity contribution >= 4 is 24.4 Å². The van der Waals surface area contributed by atoms with Gasteiger partial charge in [-0.1, -0.05) is 40.7 Å². The molecule has 0 radical (unpaired) electrons. The quantitative estimate of drug-likeness (QED) is 0.190. The minimum absolute atomic E-state index is 0.00204. The first kappa shape index (κ1) is 33.5. The van der Waals surface area contributed by atoms with Crippen molar-refractivity contribution in [2.45, 2.75) is 79.6 Å². The van der Waals surface area contributed by atoms with Gasteiger partial charge in [0.25, 0.3) is 0 Å². The number of rotatable bonds is 14. The molecule has 12 nitrogen and oxygen atoms in total. The molecular formula is C27H41NO11. The molecule has 0 bridgehead atoms. The summed E-state index contributed by atoms with van der Waals surface area (Å²) in [6.07, 6.45) is -3.25. The predicted molar refractivity (Wildman–Crippen MR) is 139 cm³/mol. The van der Waals surface area contributed by atoms with Gasteiger partial charge in [0.05, 0.1) is 13.2 Å². The fourth-order valence-electron chi connectivity index (χ4n) is 2.68. The molecule has 1 aromatic carbocycles. The molecule has 1 rings (SSSR count). The van der Waals surface area contributed by atoms with Gasteiger partial charge in [0.1, 0.15) is 24.9 Å². The molecular weight excluding hydrogens is 514 g/mol. The van der Waals surface area contributed by atoms with E-state index in [1.54, 1.807) is 19.9 Å². The third-order valence-electron chi connectivity index (χ3n) is 4.85. The molecule has 0 amide bonds. The van der Waals surface area contributed by atoms with Crippen molar-refractivity contribution in [3.8, 4) is 11.5 Å². The molecule has 0 saturated heterocycles. The second-order valence-corrected chi connectivity index (χ2v) is 9.85. The van der Waals surface area contributed by atoms with Gasteiger partial charge in [-0.15, -0.1) is 0 Å². The van der Waals surface area contributed by atoms with Gasteiger partial charge in [-0.3, -0.25) is 4.79 Å². The summed E-state index contributed by atoms with van der Waals surface area (Å²) in [5.41, 5.74) is 6.49. The third kappa shape index (κ3) is 14.3. The number of carbonyl (C=O) groups excluding carboxylic acids is 4. The summed E-state index contributed by atoms with van der Waals surface area (Å²) in [6, 6.07) is 3.23. The number of nitrogens with two attached hydrogens (primary N) is 1. The largest absolute Gasteiger partial charge is 0.513 e. The molecule has 0 spiro atoms. The zero-order chi connectivity index (χ0) is 29.5.